The number of ether oxygens (including phenoxy) is 1. The first kappa shape index (κ1) is 112. The second-order valence-corrected chi connectivity index (χ2v) is 2.06. The monoisotopic (exact) mass is 557 g/mol. The van der Waals surface area contributed by atoms with Crippen molar-refractivity contribution in [1.82, 2.24) is 0 Å². The molecule has 0 heterocycles. The van der Waals surface area contributed by atoms with Crippen LogP contribution >= 0.6 is 0 Å². The van der Waals surface area contributed by atoms with E-state index in [0.717, 1.165) is 26.1 Å². The zero-order valence-electron chi connectivity index (χ0n) is 27.3. The maximum Gasteiger partial charge on any atom is 0.0662 e. The van der Waals surface area contributed by atoms with Crippen LogP contribution in [0.15, 0.2) is 184 Å². The van der Waals surface area contributed by atoms with Gasteiger partial charge in [-0.05, 0) is 12.8 Å². The summed E-state index contributed by atoms with van der Waals surface area (Å²) in [5.41, 5.74) is 0. The maximum atomic E-state index is 7.62. The lowest BCUT2D eigenvalue weighted by Gasteiger charge is -1.95. The van der Waals surface area contributed by atoms with E-state index in [9.17, 15) is 0 Å². The fourth-order valence-electron chi connectivity index (χ4n) is 0.391. The highest BCUT2D eigenvalue weighted by molar-refractivity contribution is 4.26. The Bertz CT molecular complexity index is 140. The van der Waals surface area contributed by atoms with E-state index in [0.29, 0.717) is 0 Å². The summed E-state index contributed by atoms with van der Waals surface area (Å²) in [6, 6.07) is 0. The average Bonchev–Trinajstić information content (AvgIpc) is 3.14. The van der Waals surface area contributed by atoms with Gasteiger partial charge < -0.3 is 14.9 Å². The molecule has 39 heavy (non-hydrogen) atoms. The Morgan fingerprint density at radius 3 is 0.462 bits per heavy atom. The minimum absolute atomic E-state index is 0.125. The van der Waals surface area contributed by atoms with Crippen LogP contribution < -0.4 is 0 Å². The van der Waals surface area contributed by atoms with Gasteiger partial charge in [-0.15, -0.1) is 184 Å². The molecule has 0 fully saturated rings. The fourth-order valence-corrected chi connectivity index (χ4v) is 0.391. The molecule has 0 saturated carbocycles. The summed E-state index contributed by atoms with van der Waals surface area (Å²) >= 11 is 0. The zero-order valence-corrected chi connectivity index (χ0v) is 27.3. The molecular weight excluding hydrogens is 480 g/mol. The first-order valence-corrected chi connectivity index (χ1v) is 11.1. The molecular formula is C36H76O3. The van der Waals surface area contributed by atoms with Crippen LogP contribution in [-0.4, -0.2) is 36.6 Å². The summed E-state index contributed by atoms with van der Waals surface area (Å²) in [6.45, 7) is 89.8. The lowest BCUT2D eigenvalue weighted by Crippen LogP contribution is -1.92. The third kappa shape index (κ3) is 23100. The minimum Gasteiger partial charge on any atom is -0.394 e. The van der Waals surface area contributed by atoms with Crippen molar-refractivity contribution in [3.63, 3.8) is 0 Å². The Morgan fingerprint density at radius 1 is 0.308 bits per heavy atom. The molecule has 0 aliphatic heterocycles. The molecule has 2 N–H and O–H groups in total. The van der Waals surface area contributed by atoms with Gasteiger partial charge in [-0.3, -0.25) is 0 Å². The predicted molar refractivity (Wildman–Crippen MR) is 203 cm³/mol. The van der Waals surface area contributed by atoms with Crippen LogP contribution in [0, 0.1) is 0 Å². The lowest BCUT2D eigenvalue weighted by molar-refractivity contribution is 0.135. The van der Waals surface area contributed by atoms with E-state index in [4.69, 9.17) is 14.9 Å². The highest BCUT2D eigenvalue weighted by Crippen LogP contribution is 1.81. The molecule has 0 bridgehead atoms. The molecule has 0 rings (SSSR count). The van der Waals surface area contributed by atoms with E-state index in [1.807, 2.05) is 0 Å². The average molecular weight is 557 g/mol. The summed E-state index contributed by atoms with van der Waals surface area (Å²) in [4.78, 5) is 0. The molecule has 0 aromatic carbocycles. The smallest absolute Gasteiger partial charge is 0.0662 e. The highest BCUT2D eigenvalue weighted by Gasteiger charge is 1.77. The largest absolute Gasteiger partial charge is 0.394 e. The summed E-state index contributed by atoms with van der Waals surface area (Å²) in [5, 5.41) is 15.2. The van der Waals surface area contributed by atoms with E-state index in [2.05, 4.69) is 198 Å². The fraction of sp³-hybridized carbons (Fsp3) is 0.222. The predicted octanol–water partition coefficient (Wildman–Crippen LogP) is 12.0. The SMILES string of the molecule is C=C.C=C.C=C.C=C.C=C.C=C.C=C.C=C.C=C.C=C.C=C.C=C.C=C.C=C.CCCOCCC.OCCO. The van der Waals surface area contributed by atoms with E-state index < -0.39 is 0 Å². The summed E-state index contributed by atoms with van der Waals surface area (Å²) in [7, 11) is 0. The van der Waals surface area contributed by atoms with Crippen molar-refractivity contribution in [3.05, 3.63) is 184 Å². The van der Waals surface area contributed by atoms with Gasteiger partial charge in [0.2, 0.25) is 0 Å². The lowest BCUT2D eigenvalue weighted by atomic mass is 10.5. The van der Waals surface area contributed by atoms with Crippen LogP contribution in [-0.2, 0) is 4.74 Å². The number of aliphatic hydroxyl groups is 2. The van der Waals surface area contributed by atoms with Crippen LogP contribution in [0.2, 0.25) is 0 Å². The highest BCUT2D eigenvalue weighted by atomic mass is 16.5. The zero-order chi connectivity index (χ0) is 36.9. The van der Waals surface area contributed by atoms with Gasteiger partial charge in [0.05, 0.1) is 13.2 Å². The molecule has 0 saturated heterocycles. The Labute approximate surface area is 252 Å². The van der Waals surface area contributed by atoms with E-state index >= 15 is 0 Å². The number of hydrogen-bond donors (Lipinski definition) is 2. The quantitative estimate of drug-likeness (QED) is 0.261. The molecule has 238 valence electrons. The summed E-state index contributed by atoms with van der Waals surface area (Å²) < 4.78 is 5.13. The second kappa shape index (κ2) is 3600. The van der Waals surface area contributed by atoms with Crippen molar-refractivity contribution in [1.29, 1.82) is 0 Å². The van der Waals surface area contributed by atoms with Gasteiger partial charge in [0.15, 0.2) is 0 Å². The molecule has 0 aromatic rings. The van der Waals surface area contributed by atoms with E-state index in [1.165, 1.54) is 0 Å². The van der Waals surface area contributed by atoms with Crippen molar-refractivity contribution in [3.8, 4) is 0 Å². The van der Waals surface area contributed by atoms with Gasteiger partial charge in [-0.25, -0.2) is 0 Å². The molecule has 0 atom stereocenters. The third-order valence-electron chi connectivity index (χ3n) is 0.797. The van der Waals surface area contributed by atoms with Gasteiger partial charge in [-0.1, -0.05) is 13.8 Å². The molecule has 0 amide bonds. The number of rotatable bonds is 5. The van der Waals surface area contributed by atoms with Crippen LogP contribution in [0.4, 0.5) is 0 Å². The van der Waals surface area contributed by atoms with Crippen molar-refractivity contribution < 1.29 is 14.9 Å². The summed E-state index contributed by atoms with van der Waals surface area (Å²) in [6.07, 6.45) is 2.28. The minimum atomic E-state index is -0.125. The van der Waals surface area contributed by atoms with Crippen LogP contribution in [0.25, 0.3) is 0 Å². The van der Waals surface area contributed by atoms with Gasteiger partial charge in [0.1, 0.15) is 0 Å². The molecule has 0 spiro atoms. The normalized spacial score (nSPS) is 3.90. The molecule has 0 aliphatic rings. The maximum absolute atomic E-state index is 7.62. The van der Waals surface area contributed by atoms with Crippen LogP contribution in [0.3, 0.4) is 0 Å². The van der Waals surface area contributed by atoms with Crippen molar-refractivity contribution in [2.24, 2.45) is 0 Å². The van der Waals surface area contributed by atoms with Gasteiger partial charge in [0.25, 0.3) is 0 Å². The Morgan fingerprint density at radius 2 is 0.410 bits per heavy atom. The molecule has 0 aromatic heterocycles. The van der Waals surface area contributed by atoms with E-state index in [1.54, 1.807) is 0 Å². The Hall–Kier alpha value is -3.76. The van der Waals surface area contributed by atoms with Crippen LogP contribution in [0.5, 0.6) is 0 Å². The van der Waals surface area contributed by atoms with Crippen LogP contribution in [0.1, 0.15) is 26.7 Å². The second-order valence-electron chi connectivity index (χ2n) is 2.06. The topological polar surface area (TPSA) is 49.7 Å². The first-order valence-electron chi connectivity index (χ1n) is 11.1. The third-order valence-corrected chi connectivity index (χ3v) is 0.797. The van der Waals surface area contributed by atoms with E-state index in [-0.39, 0.29) is 13.2 Å². The molecule has 3 nitrogen and oxygen atoms in total. The summed E-state index contributed by atoms with van der Waals surface area (Å²) in [5.74, 6) is 0. The van der Waals surface area contributed by atoms with Gasteiger partial charge >= 0.3 is 0 Å². The van der Waals surface area contributed by atoms with Crippen molar-refractivity contribution in [2.75, 3.05) is 26.4 Å². The molecule has 0 radical (unpaired) electrons. The standard InChI is InChI=1S/C6H14O.C2H6O2.14C2H4/c1-3-5-7-6-4-2;3-1-2-4;14*1-2/h3-6H2,1-2H3;3-4H,1-2H2;14*1-2H2. The first-order chi connectivity index (χ1) is 19.3. The number of aliphatic hydroxyl groups excluding tert-OH is 2. The van der Waals surface area contributed by atoms with Gasteiger partial charge in [-0.2, -0.15) is 0 Å². The molecule has 3 heteroatoms. The number of hydrogen-bond acceptors (Lipinski definition) is 3. The van der Waals surface area contributed by atoms with Crippen molar-refractivity contribution in [2.45, 2.75) is 26.7 Å². The Kier molecular flexibility index (Phi) is 10300. The van der Waals surface area contributed by atoms with Gasteiger partial charge in [0, 0.05) is 13.2 Å². The molecule has 0 aliphatic carbocycles. The Balaban J connectivity index is -0.0000000107. The molecule has 0 unspecified atom stereocenters. The van der Waals surface area contributed by atoms with Crippen molar-refractivity contribution >= 4 is 0 Å².